The summed E-state index contributed by atoms with van der Waals surface area (Å²) in [6, 6.07) is 19.3. The van der Waals surface area contributed by atoms with E-state index < -0.39 is 9.04 Å². The number of nitrogens with zero attached hydrogens (tertiary/aromatic N) is 2. The van der Waals surface area contributed by atoms with Crippen molar-refractivity contribution < 1.29 is 9.22 Å². The third kappa shape index (κ3) is 5.89. The van der Waals surface area contributed by atoms with E-state index in [-0.39, 0.29) is 16.8 Å². The molecule has 0 bridgehead atoms. The van der Waals surface area contributed by atoms with E-state index in [2.05, 4.69) is 33.9 Å². The molecule has 1 aromatic heterocycles. The predicted molar refractivity (Wildman–Crippen MR) is 154 cm³/mol. The quantitative estimate of drug-likeness (QED) is 0.115. The minimum Gasteiger partial charge on any atom is -0.542 e. The fourth-order valence-corrected chi connectivity index (χ4v) is 5.66. The largest absolute Gasteiger partial charge is 0.542 e. The third-order valence-corrected chi connectivity index (χ3v) is 7.99. The number of aryl methyl sites for hydroxylation is 1. The van der Waals surface area contributed by atoms with Crippen LogP contribution in [0.4, 0.5) is 0 Å². The Bertz CT molecular complexity index is 1520. The number of thioether (sulfide) groups is 1. The fourth-order valence-electron chi connectivity index (χ4n) is 4.12. The molecule has 0 aliphatic heterocycles. The molecular formula is C30H33N2O3SSi. The molecule has 0 aliphatic rings. The number of hydrogen-bond donors (Lipinski definition) is 0. The van der Waals surface area contributed by atoms with Gasteiger partial charge in [0, 0.05) is 18.4 Å². The average molecular weight is 530 g/mol. The van der Waals surface area contributed by atoms with E-state index in [1.807, 2.05) is 67.6 Å². The Kier molecular flexibility index (Phi) is 7.76. The lowest BCUT2D eigenvalue weighted by Gasteiger charge is -2.22. The van der Waals surface area contributed by atoms with Crippen LogP contribution >= 0.6 is 11.8 Å². The van der Waals surface area contributed by atoms with Gasteiger partial charge in [0.15, 0.2) is 10.9 Å². The number of carbonyl (C=O) groups is 1. The monoisotopic (exact) mass is 529 g/mol. The van der Waals surface area contributed by atoms with Crippen LogP contribution in [0.15, 0.2) is 70.6 Å². The smallest absolute Gasteiger partial charge is 0.274 e. The summed E-state index contributed by atoms with van der Waals surface area (Å²) in [5, 5.41) is 1.33. The topological polar surface area (TPSA) is 61.2 Å². The summed E-state index contributed by atoms with van der Waals surface area (Å²) in [5.41, 5.74) is 4.97. The van der Waals surface area contributed by atoms with Crippen LogP contribution in [0.1, 0.15) is 53.4 Å². The molecule has 5 nitrogen and oxygen atoms in total. The van der Waals surface area contributed by atoms with Crippen molar-refractivity contribution in [2.24, 2.45) is 7.05 Å². The number of hydrogen-bond acceptors (Lipinski definition) is 5. The van der Waals surface area contributed by atoms with Gasteiger partial charge in [-0.25, -0.2) is 4.98 Å². The fraction of sp³-hybridized carbons (Fsp3) is 0.300. The molecule has 4 rings (SSSR count). The van der Waals surface area contributed by atoms with E-state index in [1.54, 1.807) is 11.6 Å². The van der Waals surface area contributed by atoms with Crippen molar-refractivity contribution in [2.75, 3.05) is 0 Å². The van der Waals surface area contributed by atoms with Gasteiger partial charge in [-0.15, -0.1) is 0 Å². The molecule has 7 heteroatoms. The summed E-state index contributed by atoms with van der Waals surface area (Å²) < 4.78 is 7.75. The summed E-state index contributed by atoms with van der Waals surface area (Å²) in [4.78, 5) is 31.0. The minimum absolute atomic E-state index is 0.0321. The van der Waals surface area contributed by atoms with Crippen molar-refractivity contribution in [3.05, 3.63) is 98.8 Å². The Hall–Kier alpha value is -3.16. The zero-order chi connectivity index (χ0) is 26.9. The van der Waals surface area contributed by atoms with Gasteiger partial charge in [0.2, 0.25) is 0 Å². The zero-order valence-corrected chi connectivity index (χ0v) is 24.3. The van der Waals surface area contributed by atoms with Crippen LogP contribution in [-0.4, -0.2) is 24.4 Å². The molecular weight excluding hydrogens is 496 g/mol. The van der Waals surface area contributed by atoms with Crippen LogP contribution in [-0.2, 0) is 18.2 Å². The van der Waals surface area contributed by atoms with Gasteiger partial charge in [-0.1, -0.05) is 75.0 Å². The molecule has 0 N–H and O–H groups in total. The summed E-state index contributed by atoms with van der Waals surface area (Å²) in [7, 11) is 0.726. The molecule has 0 saturated carbocycles. The number of aromatic nitrogens is 2. The summed E-state index contributed by atoms with van der Waals surface area (Å²) >= 11 is 1.51. The summed E-state index contributed by atoms with van der Waals surface area (Å²) in [6.07, 6.45) is 0. The Morgan fingerprint density at radius 2 is 1.76 bits per heavy atom. The molecule has 0 saturated heterocycles. The van der Waals surface area contributed by atoms with Gasteiger partial charge in [0.25, 0.3) is 14.6 Å². The molecule has 0 atom stereocenters. The predicted octanol–water partition coefficient (Wildman–Crippen LogP) is 6.69. The molecule has 3 aromatic carbocycles. The Morgan fingerprint density at radius 3 is 2.41 bits per heavy atom. The maximum atomic E-state index is 13.4. The van der Waals surface area contributed by atoms with Gasteiger partial charge in [-0.3, -0.25) is 14.2 Å². The molecule has 191 valence electrons. The number of benzene rings is 3. The second-order valence-electron chi connectivity index (χ2n) is 10.5. The lowest BCUT2D eigenvalue weighted by molar-refractivity contribution is 0.103. The number of carbonyl (C=O) groups excluding carboxylic acids is 1. The average Bonchev–Trinajstić information content (AvgIpc) is 2.84. The first-order valence-corrected chi connectivity index (χ1v) is 15.7. The van der Waals surface area contributed by atoms with Crippen LogP contribution in [0.25, 0.3) is 10.9 Å². The first-order valence-electron chi connectivity index (χ1n) is 12.3. The van der Waals surface area contributed by atoms with Crippen molar-refractivity contribution in [3.8, 4) is 5.75 Å². The van der Waals surface area contributed by atoms with E-state index in [1.165, 1.54) is 11.8 Å². The van der Waals surface area contributed by atoms with Crippen molar-refractivity contribution in [1.82, 2.24) is 9.55 Å². The van der Waals surface area contributed by atoms with E-state index >= 15 is 0 Å². The van der Waals surface area contributed by atoms with Gasteiger partial charge >= 0.3 is 0 Å². The molecule has 1 heterocycles. The van der Waals surface area contributed by atoms with E-state index in [0.29, 0.717) is 38.7 Å². The highest BCUT2D eigenvalue weighted by Crippen LogP contribution is 2.31. The molecule has 0 fully saturated rings. The highest BCUT2D eigenvalue weighted by atomic mass is 32.2. The van der Waals surface area contributed by atoms with Crippen molar-refractivity contribution in [1.29, 1.82) is 0 Å². The third-order valence-electron chi connectivity index (χ3n) is 6.26. The highest BCUT2D eigenvalue weighted by Gasteiger charge is 2.21. The Labute approximate surface area is 224 Å². The maximum absolute atomic E-state index is 13.4. The van der Waals surface area contributed by atoms with Gasteiger partial charge in [-0.05, 0) is 60.3 Å². The zero-order valence-electron chi connectivity index (χ0n) is 22.5. The van der Waals surface area contributed by atoms with Gasteiger partial charge in [-0.2, -0.15) is 0 Å². The molecule has 1 radical (unpaired) electrons. The van der Waals surface area contributed by atoms with Crippen molar-refractivity contribution in [3.63, 3.8) is 0 Å². The standard InChI is InChI=1S/C30H33N2O3SSi/c1-19-9-8-10-24-26(19)28(34)32(5)29(31-24)36-18-20-11-13-21(14-12-20)27(33)23-16-15-22(30(2,3)4)17-25(23)35-37(6)7/h8-17H,18H2,1-7H3. The maximum Gasteiger partial charge on any atom is 0.274 e. The Morgan fingerprint density at radius 1 is 1.05 bits per heavy atom. The molecule has 0 spiro atoms. The Balaban J connectivity index is 1.55. The number of ketones is 1. The van der Waals surface area contributed by atoms with Crippen LogP contribution < -0.4 is 9.99 Å². The normalized spacial score (nSPS) is 11.8. The van der Waals surface area contributed by atoms with Crippen LogP contribution in [0.5, 0.6) is 5.75 Å². The SMILES string of the molecule is Cc1cccc2nc(SCc3ccc(C(=O)c4ccc(C(C)(C)C)cc4O[Si](C)C)cc3)n(C)c(=O)c12. The van der Waals surface area contributed by atoms with Crippen molar-refractivity contribution in [2.45, 2.75) is 57.1 Å². The number of rotatable bonds is 7. The van der Waals surface area contributed by atoms with Gasteiger partial charge in [0.05, 0.1) is 16.5 Å². The lowest BCUT2D eigenvalue weighted by Crippen LogP contribution is -2.20. The molecule has 37 heavy (non-hydrogen) atoms. The van der Waals surface area contributed by atoms with E-state index in [0.717, 1.165) is 16.7 Å². The number of fused-ring (bicyclic) bond motifs is 1. The first-order chi connectivity index (χ1) is 17.5. The highest BCUT2D eigenvalue weighted by molar-refractivity contribution is 7.98. The second-order valence-corrected chi connectivity index (χ2v) is 13.5. The van der Waals surface area contributed by atoms with Crippen LogP contribution in [0.3, 0.4) is 0 Å². The first kappa shape index (κ1) is 26.9. The minimum atomic E-state index is -1.03. The van der Waals surface area contributed by atoms with Crippen LogP contribution in [0, 0.1) is 6.92 Å². The molecule has 0 aliphatic carbocycles. The summed E-state index contributed by atoms with van der Waals surface area (Å²) in [6.45, 7) is 12.5. The second kappa shape index (κ2) is 10.7. The molecule has 0 unspecified atom stereocenters. The van der Waals surface area contributed by atoms with Gasteiger partial charge in [0.1, 0.15) is 5.75 Å². The van der Waals surface area contributed by atoms with Crippen LogP contribution in [0.2, 0.25) is 13.1 Å². The van der Waals surface area contributed by atoms with Crippen molar-refractivity contribution >= 4 is 37.5 Å². The molecule has 0 amide bonds. The molecule has 4 aromatic rings. The van der Waals surface area contributed by atoms with Gasteiger partial charge < -0.3 is 4.43 Å². The van der Waals surface area contributed by atoms with E-state index in [4.69, 9.17) is 9.41 Å². The summed E-state index contributed by atoms with van der Waals surface area (Å²) in [5.74, 6) is 1.25. The lowest BCUT2D eigenvalue weighted by atomic mass is 9.86. The van der Waals surface area contributed by atoms with E-state index in [9.17, 15) is 9.59 Å².